The average Bonchev–Trinajstić information content (AvgIpc) is 2.60. The summed E-state index contributed by atoms with van der Waals surface area (Å²) in [6.45, 7) is 3.99. The van der Waals surface area contributed by atoms with E-state index in [1.54, 1.807) is 7.05 Å². The maximum Gasteiger partial charge on any atom is 0.410 e. The molecule has 7 nitrogen and oxygen atoms in total. The Morgan fingerprint density at radius 3 is 2.62 bits per heavy atom. The zero-order valence-corrected chi connectivity index (χ0v) is 14.5. The lowest BCUT2D eigenvalue weighted by molar-refractivity contribution is -0.183. The number of benzene rings is 1. The van der Waals surface area contributed by atoms with Crippen LogP contribution < -0.4 is 0 Å². The molecule has 0 bridgehead atoms. The fourth-order valence-electron chi connectivity index (χ4n) is 2.62. The molecule has 0 aromatic heterocycles. The summed E-state index contributed by atoms with van der Waals surface area (Å²) in [7, 11) is 3.49. The van der Waals surface area contributed by atoms with E-state index in [4.69, 9.17) is 9.57 Å². The van der Waals surface area contributed by atoms with Gasteiger partial charge in [-0.1, -0.05) is 30.3 Å². The van der Waals surface area contributed by atoms with Crippen molar-refractivity contribution in [2.24, 2.45) is 0 Å². The number of rotatable bonds is 5. The fourth-order valence-corrected chi connectivity index (χ4v) is 2.62. The number of hydrogen-bond acceptors (Lipinski definition) is 5. The van der Waals surface area contributed by atoms with Gasteiger partial charge in [0.2, 0.25) is 0 Å². The fraction of sp³-hybridized carbons (Fsp3) is 0.529. The van der Waals surface area contributed by atoms with E-state index in [1.807, 2.05) is 49.2 Å². The van der Waals surface area contributed by atoms with Gasteiger partial charge in [0.25, 0.3) is 5.91 Å². The van der Waals surface area contributed by atoms with Gasteiger partial charge in [-0.05, 0) is 19.5 Å². The van der Waals surface area contributed by atoms with E-state index >= 15 is 0 Å². The Bertz CT molecular complexity index is 552. The van der Waals surface area contributed by atoms with Crippen LogP contribution in [-0.2, 0) is 21.0 Å². The molecular weight excluding hydrogens is 310 g/mol. The zero-order chi connectivity index (χ0) is 17.5. The minimum absolute atomic E-state index is 0.189. The Balaban J connectivity index is 2.01. The third-order valence-electron chi connectivity index (χ3n) is 3.94. The van der Waals surface area contributed by atoms with E-state index in [0.717, 1.165) is 5.56 Å². The Labute approximate surface area is 142 Å². The highest BCUT2D eigenvalue weighted by molar-refractivity contribution is 5.85. The van der Waals surface area contributed by atoms with E-state index < -0.39 is 12.1 Å². The van der Waals surface area contributed by atoms with Crippen molar-refractivity contribution in [1.29, 1.82) is 0 Å². The molecule has 1 aliphatic rings. The molecule has 1 atom stereocenters. The first kappa shape index (κ1) is 18.2. The average molecular weight is 335 g/mol. The number of likely N-dealkylation sites (N-methyl/N-ethyl adjacent to an activating group) is 2. The number of carbonyl (C=O) groups is 2. The summed E-state index contributed by atoms with van der Waals surface area (Å²) >= 11 is 0. The highest BCUT2D eigenvalue weighted by atomic mass is 16.7. The molecule has 1 saturated heterocycles. The first-order valence-corrected chi connectivity index (χ1v) is 8.09. The normalized spacial score (nSPS) is 18.3. The lowest BCUT2D eigenvalue weighted by atomic mass is 10.1. The molecule has 7 heteroatoms. The highest BCUT2D eigenvalue weighted by Crippen LogP contribution is 2.14. The van der Waals surface area contributed by atoms with Gasteiger partial charge in [0, 0.05) is 26.7 Å². The molecule has 1 heterocycles. The van der Waals surface area contributed by atoms with Gasteiger partial charge >= 0.3 is 6.09 Å². The van der Waals surface area contributed by atoms with Crippen molar-refractivity contribution in [2.45, 2.75) is 19.6 Å². The number of carbonyl (C=O) groups excluding carboxylic acids is 2. The standard InChI is InChI=1S/C17H25N3O4/c1-4-24-19(3)16(21)15-12-18(2)10-11-20(15)17(22)23-13-14-8-6-5-7-9-14/h5-9,15H,4,10-13H2,1-3H3. The van der Waals surface area contributed by atoms with Crippen LogP contribution in [-0.4, -0.2) is 73.2 Å². The van der Waals surface area contributed by atoms with Crippen molar-refractivity contribution in [3.63, 3.8) is 0 Å². The third-order valence-corrected chi connectivity index (χ3v) is 3.94. The molecule has 1 aromatic carbocycles. The van der Waals surface area contributed by atoms with Gasteiger partial charge in [0.15, 0.2) is 0 Å². The lowest BCUT2D eigenvalue weighted by Gasteiger charge is -2.39. The Kier molecular flexibility index (Phi) is 6.57. The van der Waals surface area contributed by atoms with Crippen molar-refractivity contribution >= 4 is 12.0 Å². The molecule has 0 spiro atoms. The monoisotopic (exact) mass is 335 g/mol. The van der Waals surface area contributed by atoms with Gasteiger partial charge in [-0.15, -0.1) is 0 Å². The van der Waals surface area contributed by atoms with E-state index in [9.17, 15) is 9.59 Å². The van der Waals surface area contributed by atoms with Crippen molar-refractivity contribution < 1.29 is 19.2 Å². The van der Waals surface area contributed by atoms with E-state index in [2.05, 4.69) is 0 Å². The molecule has 1 aromatic rings. The van der Waals surface area contributed by atoms with Gasteiger partial charge < -0.3 is 9.64 Å². The quantitative estimate of drug-likeness (QED) is 0.760. The number of hydrogen-bond donors (Lipinski definition) is 0. The second-order valence-corrected chi connectivity index (χ2v) is 5.77. The predicted molar refractivity (Wildman–Crippen MR) is 89.0 cm³/mol. The number of amides is 2. The number of hydroxylamine groups is 2. The summed E-state index contributed by atoms with van der Waals surface area (Å²) < 4.78 is 5.38. The molecule has 132 valence electrons. The van der Waals surface area contributed by atoms with Crippen LogP contribution in [0, 0.1) is 0 Å². The van der Waals surface area contributed by atoms with E-state index in [0.29, 0.717) is 26.2 Å². The van der Waals surface area contributed by atoms with Crippen LogP contribution in [0.3, 0.4) is 0 Å². The number of ether oxygens (including phenoxy) is 1. The Hall–Kier alpha value is -2.12. The van der Waals surface area contributed by atoms with Gasteiger partial charge in [0.1, 0.15) is 12.6 Å². The van der Waals surface area contributed by atoms with Crippen LogP contribution in [0.5, 0.6) is 0 Å². The molecule has 24 heavy (non-hydrogen) atoms. The Morgan fingerprint density at radius 1 is 1.25 bits per heavy atom. The lowest BCUT2D eigenvalue weighted by Crippen LogP contribution is -2.60. The molecule has 0 radical (unpaired) electrons. The SMILES string of the molecule is CCON(C)C(=O)C1CN(C)CCN1C(=O)OCc1ccccc1. The van der Waals surface area contributed by atoms with Crippen LogP contribution in [0.1, 0.15) is 12.5 Å². The summed E-state index contributed by atoms with van der Waals surface area (Å²) in [5.41, 5.74) is 0.911. The second kappa shape index (κ2) is 8.65. The predicted octanol–water partition coefficient (Wildman–Crippen LogP) is 1.35. The smallest absolute Gasteiger partial charge is 0.410 e. The first-order chi connectivity index (χ1) is 11.5. The highest BCUT2D eigenvalue weighted by Gasteiger charge is 2.37. The molecule has 1 unspecified atom stereocenters. The molecule has 0 saturated carbocycles. The largest absolute Gasteiger partial charge is 0.445 e. The summed E-state index contributed by atoms with van der Waals surface area (Å²) in [6, 6.07) is 8.86. The summed E-state index contributed by atoms with van der Waals surface area (Å²) in [6.07, 6.45) is -0.477. The molecule has 0 N–H and O–H groups in total. The van der Waals surface area contributed by atoms with Crippen molar-refractivity contribution in [3.8, 4) is 0 Å². The zero-order valence-electron chi connectivity index (χ0n) is 14.5. The first-order valence-electron chi connectivity index (χ1n) is 8.09. The van der Waals surface area contributed by atoms with Crippen LogP contribution in [0.2, 0.25) is 0 Å². The summed E-state index contributed by atoms with van der Waals surface area (Å²) in [5.74, 6) is -0.250. The van der Waals surface area contributed by atoms with Crippen LogP contribution in [0.15, 0.2) is 30.3 Å². The van der Waals surface area contributed by atoms with Crippen LogP contribution >= 0.6 is 0 Å². The van der Waals surface area contributed by atoms with E-state index in [1.165, 1.54) is 9.96 Å². The van der Waals surface area contributed by atoms with Crippen molar-refractivity contribution in [2.75, 3.05) is 40.3 Å². The second-order valence-electron chi connectivity index (χ2n) is 5.77. The molecular formula is C17H25N3O4. The molecule has 2 amide bonds. The van der Waals surface area contributed by atoms with Crippen LogP contribution in [0.25, 0.3) is 0 Å². The Morgan fingerprint density at radius 2 is 1.96 bits per heavy atom. The maximum atomic E-state index is 12.5. The third kappa shape index (κ3) is 4.69. The summed E-state index contributed by atoms with van der Waals surface area (Å²) in [4.78, 5) is 33.7. The maximum absolute atomic E-state index is 12.5. The minimum atomic E-state index is -0.608. The van der Waals surface area contributed by atoms with Gasteiger partial charge in [-0.25, -0.2) is 9.86 Å². The van der Waals surface area contributed by atoms with Crippen LogP contribution in [0.4, 0.5) is 4.79 Å². The topological polar surface area (TPSA) is 62.3 Å². The molecule has 0 aliphatic carbocycles. The summed E-state index contributed by atoms with van der Waals surface area (Å²) in [5, 5.41) is 1.20. The van der Waals surface area contributed by atoms with Crippen molar-refractivity contribution in [1.82, 2.24) is 14.9 Å². The van der Waals surface area contributed by atoms with E-state index in [-0.39, 0.29) is 12.5 Å². The molecule has 1 aliphatic heterocycles. The van der Waals surface area contributed by atoms with Gasteiger partial charge in [-0.2, -0.15) is 0 Å². The number of piperazine rings is 1. The van der Waals surface area contributed by atoms with Crippen molar-refractivity contribution in [3.05, 3.63) is 35.9 Å². The molecule has 1 fully saturated rings. The minimum Gasteiger partial charge on any atom is -0.445 e. The van der Waals surface area contributed by atoms with Gasteiger partial charge in [0.05, 0.1) is 6.61 Å². The number of nitrogens with zero attached hydrogens (tertiary/aromatic N) is 3. The van der Waals surface area contributed by atoms with Gasteiger partial charge in [-0.3, -0.25) is 14.5 Å². The molecule has 2 rings (SSSR count).